The average molecular weight is 355 g/mol. The molecule has 0 atom stereocenters. The lowest BCUT2D eigenvalue weighted by atomic mass is 10.0. The summed E-state index contributed by atoms with van der Waals surface area (Å²) >= 11 is 3.04. The molecule has 0 saturated carbocycles. The second-order valence-corrected chi connectivity index (χ2v) is 7.93. The van der Waals surface area contributed by atoms with E-state index in [0.29, 0.717) is 10.0 Å². The van der Waals surface area contributed by atoms with E-state index in [-0.39, 0.29) is 5.91 Å². The highest BCUT2D eigenvalue weighted by Gasteiger charge is 2.20. The van der Waals surface area contributed by atoms with E-state index >= 15 is 0 Å². The molecule has 3 aromatic rings. The number of aryl methyl sites for hydroxylation is 3. The molecule has 0 radical (unpaired) electrons. The normalized spacial score (nSPS) is 13.5. The Hall–Kier alpha value is -2.05. The minimum absolute atomic E-state index is 0.113. The number of rotatable bonds is 3. The third-order valence-corrected chi connectivity index (χ3v) is 6.37. The van der Waals surface area contributed by atoms with E-state index in [1.807, 2.05) is 37.3 Å². The lowest BCUT2D eigenvalue weighted by Gasteiger charge is -2.06. The highest BCUT2D eigenvalue weighted by Crippen LogP contribution is 2.31. The van der Waals surface area contributed by atoms with Crippen LogP contribution in [0.25, 0.3) is 10.6 Å². The van der Waals surface area contributed by atoms with Crippen molar-refractivity contribution in [3.05, 3.63) is 51.5 Å². The third kappa shape index (κ3) is 2.99. The van der Waals surface area contributed by atoms with Gasteiger partial charge < -0.3 is 0 Å². The van der Waals surface area contributed by atoms with Crippen LogP contribution in [0.3, 0.4) is 0 Å². The third-order valence-electron chi connectivity index (χ3n) is 4.09. The van der Waals surface area contributed by atoms with Crippen molar-refractivity contribution >= 4 is 33.7 Å². The second kappa shape index (κ2) is 6.45. The average Bonchev–Trinajstić information content (AvgIpc) is 3.18. The molecule has 4 nitrogen and oxygen atoms in total. The lowest BCUT2D eigenvalue weighted by molar-refractivity contribution is 0.103. The van der Waals surface area contributed by atoms with Crippen LogP contribution in [-0.4, -0.2) is 15.9 Å². The Bertz CT molecular complexity index is 860. The van der Waals surface area contributed by atoms with Crippen molar-refractivity contribution in [2.75, 3.05) is 5.32 Å². The predicted octanol–water partition coefficient (Wildman–Crippen LogP) is 4.71. The quantitative estimate of drug-likeness (QED) is 0.740. The summed E-state index contributed by atoms with van der Waals surface area (Å²) in [6.07, 6.45) is 4.52. The van der Waals surface area contributed by atoms with Crippen molar-refractivity contribution in [2.24, 2.45) is 0 Å². The molecule has 0 aliphatic heterocycles. The molecule has 122 valence electrons. The van der Waals surface area contributed by atoms with Crippen molar-refractivity contribution in [1.82, 2.24) is 9.97 Å². The first-order valence-electron chi connectivity index (χ1n) is 8.03. The van der Waals surface area contributed by atoms with Gasteiger partial charge in [-0.05, 0) is 32.6 Å². The summed E-state index contributed by atoms with van der Waals surface area (Å²) < 4.78 is 0. The molecule has 2 heterocycles. The molecule has 4 rings (SSSR count). The van der Waals surface area contributed by atoms with Crippen LogP contribution >= 0.6 is 22.7 Å². The van der Waals surface area contributed by atoms with Gasteiger partial charge in [-0.3, -0.25) is 10.1 Å². The van der Waals surface area contributed by atoms with E-state index in [9.17, 15) is 4.79 Å². The van der Waals surface area contributed by atoms with E-state index in [0.717, 1.165) is 34.8 Å². The summed E-state index contributed by atoms with van der Waals surface area (Å²) in [5.74, 6) is -0.113. The molecule has 0 spiro atoms. The Morgan fingerprint density at radius 3 is 2.67 bits per heavy atom. The zero-order valence-electron chi connectivity index (χ0n) is 13.3. The zero-order valence-corrected chi connectivity index (χ0v) is 15.0. The number of hydrogen-bond donors (Lipinski definition) is 1. The highest BCUT2D eigenvalue weighted by atomic mass is 32.1. The van der Waals surface area contributed by atoms with Gasteiger partial charge in [0, 0.05) is 10.4 Å². The van der Waals surface area contributed by atoms with E-state index in [4.69, 9.17) is 0 Å². The van der Waals surface area contributed by atoms with Crippen molar-refractivity contribution in [1.29, 1.82) is 0 Å². The van der Waals surface area contributed by atoms with Gasteiger partial charge in [-0.1, -0.05) is 30.3 Å². The largest absolute Gasteiger partial charge is 0.297 e. The van der Waals surface area contributed by atoms with Gasteiger partial charge in [0.05, 0.1) is 11.4 Å². The maximum atomic E-state index is 12.6. The maximum Gasteiger partial charge on any atom is 0.269 e. The fourth-order valence-corrected chi connectivity index (χ4v) is 4.88. The molecule has 1 aliphatic carbocycles. The van der Waals surface area contributed by atoms with Gasteiger partial charge in [0.15, 0.2) is 5.13 Å². The number of nitrogens with zero attached hydrogens (tertiary/aromatic N) is 2. The first-order valence-corrected chi connectivity index (χ1v) is 9.67. The number of fused-ring (bicyclic) bond motifs is 1. The summed E-state index contributed by atoms with van der Waals surface area (Å²) in [6, 6.07) is 9.95. The molecule has 0 bridgehead atoms. The Morgan fingerprint density at radius 2 is 1.88 bits per heavy atom. The fourth-order valence-electron chi connectivity index (χ4n) is 2.87. The number of aromatic nitrogens is 2. The molecule has 1 amide bonds. The Morgan fingerprint density at radius 1 is 1.08 bits per heavy atom. The number of benzene rings is 1. The first-order chi connectivity index (χ1) is 11.7. The second-order valence-electron chi connectivity index (χ2n) is 5.85. The fraction of sp³-hybridized carbons (Fsp3) is 0.278. The molecule has 2 aromatic heterocycles. The summed E-state index contributed by atoms with van der Waals surface area (Å²) in [4.78, 5) is 23.7. The zero-order chi connectivity index (χ0) is 16.5. The van der Waals surface area contributed by atoms with Gasteiger partial charge in [-0.25, -0.2) is 9.97 Å². The Labute approximate surface area is 148 Å². The van der Waals surface area contributed by atoms with Crippen molar-refractivity contribution in [2.45, 2.75) is 32.6 Å². The number of hydrogen-bond acceptors (Lipinski definition) is 5. The smallest absolute Gasteiger partial charge is 0.269 e. The predicted molar refractivity (Wildman–Crippen MR) is 99.0 cm³/mol. The Balaban J connectivity index is 1.56. The van der Waals surface area contributed by atoms with Crippen LogP contribution in [0.1, 0.15) is 38.8 Å². The molecule has 0 saturated heterocycles. The summed E-state index contributed by atoms with van der Waals surface area (Å²) in [5, 5.41) is 4.54. The van der Waals surface area contributed by atoms with E-state index in [2.05, 4.69) is 15.3 Å². The minimum Gasteiger partial charge on any atom is -0.297 e. The van der Waals surface area contributed by atoms with Crippen LogP contribution in [0.2, 0.25) is 0 Å². The molecule has 1 aromatic carbocycles. The molecular weight excluding hydrogens is 338 g/mol. The van der Waals surface area contributed by atoms with E-state index < -0.39 is 0 Å². The first kappa shape index (κ1) is 15.5. The van der Waals surface area contributed by atoms with Crippen LogP contribution in [-0.2, 0) is 12.8 Å². The molecule has 6 heteroatoms. The van der Waals surface area contributed by atoms with E-state index in [1.54, 1.807) is 11.3 Å². The molecule has 0 unspecified atom stereocenters. The summed E-state index contributed by atoms with van der Waals surface area (Å²) in [7, 11) is 0. The number of carbonyl (C=O) groups excluding carboxylic acids is 1. The Kier molecular flexibility index (Phi) is 4.16. The van der Waals surface area contributed by atoms with Crippen molar-refractivity contribution in [3.63, 3.8) is 0 Å². The minimum atomic E-state index is -0.113. The van der Waals surface area contributed by atoms with E-state index in [1.165, 1.54) is 29.1 Å². The van der Waals surface area contributed by atoms with Crippen molar-refractivity contribution in [3.8, 4) is 10.6 Å². The van der Waals surface area contributed by atoms with Crippen LogP contribution in [0, 0.1) is 6.92 Å². The molecule has 1 aliphatic rings. The number of nitrogens with one attached hydrogen (secondary N) is 1. The van der Waals surface area contributed by atoms with Crippen LogP contribution in [0.15, 0.2) is 30.3 Å². The number of carbonyl (C=O) groups is 1. The monoisotopic (exact) mass is 355 g/mol. The molecule has 0 fully saturated rings. The summed E-state index contributed by atoms with van der Waals surface area (Å²) in [6.45, 7) is 1.88. The van der Waals surface area contributed by atoms with Crippen LogP contribution in [0.5, 0.6) is 0 Å². The molecule has 1 N–H and O–H groups in total. The standard InChI is InChI=1S/C18H17N3OS2/c1-11-15(24-17(19-11)12-7-3-2-4-8-12)16(22)21-18-20-13-9-5-6-10-14(13)23-18/h2-4,7-8H,5-6,9-10H2,1H3,(H,20,21,22). The topological polar surface area (TPSA) is 54.9 Å². The van der Waals surface area contributed by atoms with Gasteiger partial charge in [0.25, 0.3) is 5.91 Å². The highest BCUT2D eigenvalue weighted by molar-refractivity contribution is 7.18. The van der Waals surface area contributed by atoms with Crippen LogP contribution in [0.4, 0.5) is 5.13 Å². The SMILES string of the molecule is Cc1nc(-c2ccccc2)sc1C(=O)Nc1nc2c(s1)CCCC2. The van der Waals surface area contributed by atoms with Gasteiger partial charge in [0.2, 0.25) is 0 Å². The van der Waals surface area contributed by atoms with Crippen molar-refractivity contribution < 1.29 is 4.79 Å². The number of anilines is 1. The number of thiazole rings is 2. The van der Waals surface area contributed by atoms with Gasteiger partial charge >= 0.3 is 0 Å². The van der Waals surface area contributed by atoms with Gasteiger partial charge in [0.1, 0.15) is 9.88 Å². The lowest BCUT2D eigenvalue weighted by Crippen LogP contribution is -2.11. The molecule has 24 heavy (non-hydrogen) atoms. The summed E-state index contributed by atoms with van der Waals surface area (Å²) in [5.41, 5.74) is 2.96. The number of amides is 1. The maximum absolute atomic E-state index is 12.6. The molecular formula is C18H17N3OS2. The van der Waals surface area contributed by atoms with Gasteiger partial charge in [-0.2, -0.15) is 0 Å². The van der Waals surface area contributed by atoms with Crippen LogP contribution < -0.4 is 5.32 Å². The van der Waals surface area contributed by atoms with Gasteiger partial charge in [-0.15, -0.1) is 22.7 Å².